The molecule has 1 aliphatic heterocycles. The van der Waals surface area contributed by atoms with Gasteiger partial charge in [0.2, 0.25) is 6.79 Å². The minimum absolute atomic E-state index is 0.177. The molecule has 0 aliphatic carbocycles. The molecule has 27 heavy (non-hydrogen) atoms. The molecule has 6 nitrogen and oxygen atoms in total. The fourth-order valence-corrected chi connectivity index (χ4v) is 4.28. The first-order valence-electron chi connectivity index (χ1n) is 8.65. The number of carbonyl (C=O) groups is 1. The van der Waals surface area contributed by atoms with Crippen LogP contribution in [0.1, 0.15) is 21.5 Å². The molecule has 2 aromatic carbocycles. The Hall–Kier alpha value is -2.64. The first-order valence-corrected chi connectivity index (χ1v) is 9.46. The van der Waals surface area contributed by atoms with Crippen molar-refractivity contribution in [1.29, 1.82) is 0 Å². The van der Waals surface area contributed by atoms with Gasteiger partial charge in [0.05, 0.1) is 16.8 Å². The molecule has 0 N–H and O–H groups in total. The summed E-state index contributed by atoms with van der Waals surface area (Å²) in [5, 5.41) is 0. The zero-order valence-electron chi connectivity index (χ0n) is 15.4. The molecule has 2 heterocycles. The van der Waals surface area contributed by atoms with Crippen molar-refractivity contribution in [3.8, 4) is 11.5 Å². The van der Waals surface area contributed by atoms with Crippen molar-refractivity contribution in [2.45, 2.75) is 20.4 Å². The van der Waals surface area contributed by atoms with Crippen LogP contribution in [0.2, 0.25) is 0 Å². The van der Waals surface area contributed by atoms with Crippen LogP contribution in [-0.4, -0.2) is 31.0 Å². The summed E-state index contributed by atoms with van der Waals surface area (Å²) < 4.78 is 19.1. The molecule has 0 bridgehead atoms. The third-order valence-corrected chi connectivity index (χ3v) is 5.68. The highest BCUT2D eigenvalue weighted by molar-refractivity contribution is 7.16. The Bertz CT molecular complexity index is 1100. The van der Waals surface area contributed by atoms with Crippen molar-refractivity contribution in [2.75, 3.05) is 20.5 Å². The van der Waals surface area contributed by atoms with Crippen LogP contribution in [0, 0.1) is 13.8 Å². The molecule has 0 radical (unpaired) electrons. The molecule has 4 rings (SSSR count). The Labute approximate surface area is 160 Å². The summed E-state index contributed by atoms with van der Waals surface area (Å²) in [5.41, 5.74) is 3.91. The largest absolute Gasteiger partial charge is 0.454 e. The third-order valence-electron chi connectivity index (χ3n) is 4.45. The van der Waals surface area contributed by atoms with Gasteiger partial charge >= 0.3 is 0 Å². The fourth-order valence-electron chi connectivity index (χ4n) is 3.18. The highest BCUT2D eigenvalue weighted by atomic mass is 32.1. The van der Waals surface area contributed by atoms with E-state index < -0.39 is 0 Å². The number of thiazole rings is 1. The lowest BCUT2D eigenvalue weighted by molar-refractivity contribution is 0.0997. The van der Waals surface area contributed by atoms with Crippen molar-refractivity contribution in [2.24, 2.45) is 4.99 Å². The molecule has 0 spiro atoms. The van der Waals surface area contributed by atoms with E-state index in [0.29, 0.717) is 35.0 Å². The van der Waals surface area contributed by atoms with Crippen LogP contribution in [0.3, 0.4) is 0 Å². The minimum atomic E-state index is -0.305. The third kappa shape index (κ3) is 3.36. The molecule has 0 fully saturated rings. The maximum absolute atomic E-state index is 12.8. The number of benzene rings is 2. The number of fused-ring (bicyclic) bond motifs is 2. The molecule has 0 unspecified atom stereocenters. The summed E-state index contributed by atoms with van der Waals surface area (Å²) >= 11 is 1.52. The van der Waals surface area contributed by atoms with Gasteiger partial charge in [-0.3, -0.25) is 4.79 Å². The SMILES string of the molecule is COCCn1c(=NC(=O)c2ccc3c(c2)OCO3)sc2c(C)cc(C)cc21. The minimum Gasteiger partial charge on any atom is -0.454 e. The number of aryl methyl sites for hydroxylation is 2. The van der Waals surface area contributed by atoms with E-state index in [1.807, 2.05) is 4.57 Å². The fraction of sp³-hybridized carbons (Fsp3) is 0.300. The van der Waals surface area contributed by atoms with Gasteiger partial charge in [0, 0.05) is 19.2 Å². The predicted molar refractivity (Wildman–Crippen MR) is 104 cm³/mol. The lowest BCUT2D eigenvalue weighted by Gasteiger charge is -2.06. The van der Waals surface area contributed by atoms with Crippen LogP contribution in [-0.2, 0) is 11.3 Å². The van der Waals surface area contributed by atoms with Gasteiger partial charge in [-0.2, -0.15) is 4.99 Å². The summed E-state index contributed by atoms with van der Waals surface area (Å²) in [5.74, 6) is 0.918. The van der Waals surface area contributed by atoms with Crippen molar-refractivity contribution in [3.05, 3.63) is 51.8 Å². The van der Waals surface area contributed by atoms with Crippen molar-refractivity contribution in [1.82, 2.24) is 4.57 Å². The van der Waals surface area contributed by atoms with E-state index in [9.17, 15) is 4.79 Å². The molecule has 140 valence electrons. The molecule has 1 amide bonds. The Kier molecular flexibility index (Phi) is 4.72. The Morgan fingerprint density at radius 2 is 2.04 bits per heavy atom. The number of carbonyl (C=O) groups excluding carboxylic acids is 1. The van der Waals surface area contributed by atoms with Gasteiger partial charge in [-0.15, -0.1) is 0 Å². The Balaban J connectivity index is 1.81. The highest BCUT2D eigenvalue weighted by Gasteiger charge is 2.17. The number of amides is 1. The molecule has 1 aliphatic rings. The zero-order chi connectivity index (χ0) is 19.0. The Morgan fingerprint density at radius 3 is 2.85 bits per heavy atom. The summed E-state index contributed by atoms with van der Waals surface area (Å²) in [4.78, 5) is 17.8. The number of methoxy groups -OCH3 is 1. The second-order valence-corrected chi connectivity index (χ2v) is 7.42. The van der Waals surface area contributed by atoms with Gasteiger partial charge in [-0.25, -0.2) is 0 Å². The van der Waals surface area contributed by atoms with Gasteiger partial charge in [0.15, 0.2) is 16.3 Å². The summed E-state index contributed by atoms with van der Waals surface area (Å²) in [6, 6.07) is 9.39. The van der Waals surface area contributed by atoms with Gasteiger partial charge in [0.25, 0.3) is 5.91 Å². The lowest BCUT2D eigenvalue weighted by Crippen LogP contribution is -2.19. The standard InChI is InChI=1S/C20H20N2O4S/c1-12-8-13(2)18-15(9-12)22(6-7-24-3)20(27-18)21-19(23)14-4-5-16-17(10-14)26-11-25-16/h4-5,8-10H,6-7,11H2,1-3H3. The van der Waals surface area contributed by atoms with E-state index >= 15 is 0 Å². The van der Waals surface area contributed by atoms with E-state index in [1.165, 1.54) is 22.5 Å². The number of hydrogen-bond acceptors (Lipinski definition) is 5. The number of nitrogens with zero attached hydrogens (tertiary/aromatic N) is 2. The molecule has 3 aromatic rings. The van der Waals surface area contributed by atoms with Crippen molar-refractivity contribution >= 4 is 27.5 Å². The van der Waals surface area contributed by atoms with E-state index in [-0.39, 0.29) is 12.7 Å². The van der Waals surface area contributed by atoms with E-state index in [0.717, 1.165) is 10.2 Å². The molecular formula is C20H20N2O4S. The average molecular weight is 384 g/mol. The second kappa shape index (κ2) is 7.17. The number of hydrogen-bond donors (Lipinski definition) is 0. The van der Waals surface area contributed by atoms with Gasteiger partial charge in [0.1, 0.15) is 0 Å². The highest BCUT2D eigenvalue weighted by Crippen LogP contribution is 2.32. The van der Waals surface area contributed by atoms with Crippen LogP contribution in [0.4, 0.5) is 0 Å². The molecule has 1 aromatic heterocycles. The molecule has 0 atom stereocenters. The Morgan fingerprint density at radius 1 is 1.22 bits per heavy atom. The van der Waals surface area contributed by atoms with Crippen molar-refractivity contribution < 1.29 is 19.0 Å². The summed E-state index contributed by atoms with van der Waals surface area (Å²) in [6.07, 6.45) is 0. The van der Waals surface area contributed by atoms with Crippen LogP contribution in [0.5, 0.6) is 11.5 Å². The molecular weight excluding hydrogens is 364 g/mol. The first-order chi connectivity index (χ1) is 13.1. The average Bonchev–Trinajstić information content (AvgIpc) is 3.24. The van der Waals surface area contributed by atoms with Gasteiger partial charge in [-0.05, 0) is 49.2 Å². The van der Waals surface area contributed by atoms with Crippen LogP contribution < -0.4 is 14.3 Å². The predicted octanol–water partition coefficient (Wildman–Crippen LogP) is 3.44. The van der Waals surface area contributed by atoms with E-state index in [4.69, 9.17) is 14.2 Å². The maximum atomic E-state index is 12.8. The summed E-state index contributed by atoms with van der Waals surface area (Å²) in [6.45, 7) is 5.50. The number of rotatable bonds is 4. The molecule has 0 saturated heterocycles. The topological polar surface area (TPSA) is 62.1 Å². The summed E-state index contributed by atoms with van der Waals surface area (Å²) in [7, 11) is 1.67. The molecule has 0 saturated carbocycles. The monoisotopic (exact) mass is 384 g/mol. The quantitative estimate of drug-likeness (QED) is 0.691. The number of ether oxygens (including phenoxy) is 3. The molecule has 7 heteroatoms. The van der Waals surface area contributed by atoms with Gasteiger partial charge < -0.3 is 18.8 Å². The number of aromatic nitrogens is 1. The van der Waals surface area contributed by atoms with Crippen LogP contribution in [0.15, 0.2) is 35.3 Å². The van der Waals surface area contributed by atoms with Gasteiger partial charge in [-0.1, -0.05) is 17.4 Å². The van der Waals surface area contributed by atoms with Crippen LogP contribution >= 0.6 is 11.3 Å². The zero-order valence-corrected chi connectivity index (χ0v) is 16.3. The lowest BCUT2D eigenvalue weighted by atomic mass is 10.1. The van der Waals surface area contributed by atoms with E-state index in [1.54, 1.807) is 25.3 Å². The van der Waals surface area contributed by atoms with E-state index in [2.05, 4.69) is 31.0 Å². The second-order valence-electron chi connectivity index (χ2n) is 6.44. The smallest absolute Gasteiger partial charge is 0.279 e. The first kappa shape index (κ1) is 17.8. The van der Waals surface area contributed by atoms with Crippen LogP contribution in [0.25, 0.3) is 10.2 Å². The van der Waals surface area contributed by atoms with Crippen molar-refractivity contribution in [3.63, 3.8) is 0 Å². The normalized spacial score (nSPS) is 13.5. The maximum Gasteiger partial charge on any atom is 0.279 e.